The van der Waals surface area contributed by atoms with Crippen LogP contribution in [0.5, 0.6) is 0 Å². The van der Waals surface area contributed by atoms with Crippen molar-refractivity contribution in [3.8, 4) is 0 Å². The van der Waals surface area contributed by atoms with Gasteiger partial charge in [0.25, 0.3) is 0 Å². The van der Waals surface area contributed by atoms with Gasteiger partial charge in [-0.25, -0.2) is 0 Å². The minimum Gasteiger partial charge on any atom is -0.265 e. The molecular formula is C12H11Cl2NS. The summed E-state index contributed by atoms with van der Waals surface area (Å²) < 4.78 is 0. The van der Waals surface area contributed by atoms with Crippen LogP contribution < -0.4 is 0 Å². The Morgan fingerprint density at radius 3 is 2.50 bits per heavy atom. The predicted molar refractivity (Wildman–Crippen MR) is 70.6 cm³/mol. The van der Waals surface area contributed by atoms with Gasteiger partial charge < -0.3 is 0 Å². The van der Waals surface area contributed by atoms with Crippen molar-refractivity contribution in [1.82, 2.24) is 4.98 Å². The Bertz CT molecular complexity index is 455. The molecule has 2 aromatic heterocycles. The minimum atomic E-state index is -0.0881. The summed E-state index contributed by atoms with van der Waals surface area (Å²) in [5, 5.41) is 2.63. The van der Waals surface area contributed by atoms with E-state index in [0.717, 1.165) is 9.90 Å². The molecule has 2 aromatic rings. The highest BCUT2D eigenvalue weighted by Crippen LogP contribution is 2.41. The van der Waals surface area contributed by atoms with Crippen molar-refractivity contribution >= 4 is 34.5 Å². The van der Waals surface area contributed by atoms with E-state index < -0.39 is 0 Å². The second-order valence-corrected chi connectivity index (χ2v) is 5.43. The van der Waals surface area contributed by atoms with Gasteiger partial charge in [-0.15, -0.1) is 22.9 Å². The first-order valence-corrected chi connectivity index (χ1v) is 6.66. The van der Waals surface area contributed by atoms with Gasteiger partial charge in [-0.05, 0) is 29.1 Å². The number of aromatic nitrogens is 1. The molecule has 0 aliphatic heterocycles. The van der Waals surface area contributed by atoms with Gasteiger partial charge in [0.15, 0.2) is 0 Å². The molecule has 16 heavy (non-hydrogen) atoms. The van der Waals surface area contributed by atoms with Crippen LogP contribution in [0.25, 0.3) is 0 Å². The molecule has 2 unspecified atom stereocenters. The first kappa shape index (κ1) is 11.9. The van der Waals surface area contributed by atoms with E-state index in [1.54, 1.807) is 23.7 Å². The summed E-state index contributed by atoms with van der Waals surface area (Å²) in [6.07, 6.45) is 3.57. The summed E-state index contributed by atoms with van der Waals surface area (Å²) in [5.41, 5.74) is 1.18. The number of hydrogen-bond donors (Lipinski definition) is 0. The van der Waals surface area contributed by atoms with Gasteiger partial charge in [0.2, 0.25) is 0 Å². The average Bonchev–Trinajstić information content (AvgIpc) is 2.75. The van der Waals surface area contributed by atoms with Crippen molar-refractivity contribution in [2.24, 2.45) is 0 Å². The lowest BCUT2D eigenvalue weighted by Gasteiger charge is -2.17. The summed E-state index contributed by atoms with van der Waals surface area (Å²) in [6, 6.07) is 5.86. The lowest BCUT2D eigenvalue weighted by molar-refractivity contribution is 0.740. The standard InChI is InChI=1S/C12H11Cl2NS/c1-8(9-2-5-15-6-3-9)11(14)12-10(13)4-7-16-12/h2-8,11H,1H3. The van der Waals surface area contributed by atoms with Gasteiger partial charge in [-0.2, -0.15) is 0 Å². The SMILES string of the molecule is CC(c1ccncc1)C(Cl)c1sccc1Cl. The Morgan fingerprint density at radius 1 is 1.25 bits per heavy atom. The van der Waals surface area contributed by atoms with Crippen LogP contribution in [0, 0.1) is 0 Å². The Hall–Kier alpha value is -0.570. The number of pyridine rings is 1. The summed E-state index contributed by atoms with van der Waals surface area (Å²) in [4.78, 5) is 5.04. The first-order chi connectivity index (χ1) is 7.70. The summed E-state index contributed by atoms with van der Waals surface area (Å²) in [7, 11) is 0. The highest BCUT2D eigenvalue weighted by molar-refractivity contribution is 7.11. The van der Waals surface area contributed by atoms with Gasteiger partial charge in [0, 0.05) is 23.2 Å². The van der Waals surface area contributed by atoms with Gasteiger partial charge in [0.1, 0.15) is 0 Å². The molecule has 0 amide bonds. The largest absolute Gasteiger partial charge is 0.265 e. The van der Waals surface area contributed by atoms with Crippen LogP contribution in [0.1, 0.15) is 28.7 Å². The molecule has 84 valence electrons. The van der Waals surface area contributed by atoms with Crippen LogP contribution >= 0.6 is 34.5 Å². The highest BCUT2D eigenvalue weighted by atomic mass is 35.5. The van der Waals surface area contributed by atoms with E-state index in [9.17, 15) is 0 Å². The maximum atomic E-state index is 6.44. The zero-order valence-electron chi connectivity index (χ0n) is 8.73. The van der Waals surface area contributed by atoms with Gasteiger partial charge in [0.05, 0.1) is 10.4 Å². The van der Waals surface area contributed by atoms with Crippen molar-refractivity contribution < 1.29 is 0 Å². The molecular weight excluding hydrogens is 261 g/mol. The van der Waals surface area contributed by atoms with Crippen molar-refractivity contribution in [1.29, 1.82) is 0 Å². The van der Waals surface area contributed by atoms with E-state index in [4.69, 9.17) is 23.2 Å². The van der Waals surface area contributed by atoms with E-state index in [2.05, 4.69) is 11.9 Å². The van der Waals surface area contributed by atoms with Gasteiger partial charge in [-0.3, -0.25) is 4.98 Å². The van der Waals surface area contributed by atoms with E-state index in [1.807, 2.05) is 23.6 Å². The van der Waals surface area contributed by atoms with Crippen LogP contribution in [-0.2, 0) is 0 Å². The fourth-order valence-corrected chi connectivity index (χ4v) is 3.29. The Balaban J connectivity index is 2.23. The molecule has 0 saturated carbocycles. The molecule has 0 spiro atoms. The van der Waals surface area contributed by atoms with E-state index in [-0.39, 0.29) is 11.3 Å². The highest BCUT2D eigenvalue weighted by Gasteiger charge is 2.21. The quantitative estimate of drug-likeness (QED) is 0.725. The summed E-state index contributed by atoms with van der Waals surface area (Å²) >= 11 is 14.1. The van der Waals surface area contributed by atoms with E-state index in [1.165, 1.54) is 5.56 Å². The molecule has 0 aliphatic rings. The second-order valence-electron chi connectivity index (χ2n) is 3.60. The fourth-order valence-electron chi connectivity index (χ4n) is 1.57. The Labute approximate surface area is 109 Å². The lowest BCUT2D eigenvalue weighted by Crippen LogP contribution is -2.01. The lowest BCUT2D eigenvalue weighted by atomic mass is 9.98. The number of nitrogens with zero attached hydrogens (tertiary/aromatic N) is 1. The predicted octanol–water partition coefficient (Wildman–Crippen LogP) is 4.88. The van der Waals surface area contributed by atoms with E-state index >= 15 is 0 Å². The van der Waals surface area contributed by atoms with Crippen molar-refractivity contribution in [3.05, 3.63) is 51.4 Å². The molecule has 2 rings (SSSR count). The van der Waals surface area contributed by atoms with Crippen molar-refractivity contribution in [3.63, 3.8) is 0 Å². The molecule has 0 aromatic carbocycles. The molecule has 0 saturated heterocycles. The van der Waals surface area contributed by atoms with Crippen LogP contribution in [0.4, 0.5) is 0 Å². The molecule has 0 aliphatic carbocycles. The normalized spacial score (nSPS) is 14.7. The molecule has 0 radical (unpaired) electrons. The monoisotopic (exact) mass is 271 g/mol. The molecule has 4 heteroatoms. The number of rotatable bonds is 3. The Kier molecular flexibility index (Phi) is 3.85. The van der Waals surface area contributed by atoms with Crippen LogP contribution in [0.2, 0.25) is 5.02 Å². The molecule has 2 heterocycles. The average molecular weight is 272 g/mol. The molecule has 1 nitrogen and oxygen atoms in total. The molecule has 0 bridgehead atoms. The topological polar surface area (TPSA) is 12.9 Å². The van der Waals surface area contributed by atoms with Crippen LogP contribution in [0.15, 0.2) is 36.0 Å². The minimum absolute atomic E-state index is 0.0881. The molecule has 0 N–H and O–H groups in total. The van der Waals surface area contributed by atoms with Crippen LogP contribution in [-0.4, -0.2) is 4.98 Å². The molecule has 2 atom stereocenters. The molecule has 0 fully saturated rings. The summed E-state index contributed by atoms with van der Waals surface area (Å²) in [5.74, 6) is 0.223. The first-order valence-electron chi connectivity index (χ1n) is 4.97. The van der Waals surface area contributed by atoms with Crippen LogP contribution in [0.3, 0.4) is 0 Å². The number of alkyl halides is 1. The third-order valence-electron chi connectivity index (χ3n) is 2.57. The van der Waals surface area contributed by atoms with Gasteiger partial charge in [-0.1, -0.05) is 18.5 Å². The number of hydrogen-bond acceptors (Lipinski definition) is 2. The van der Waals surface area contributed by atoms with Crippen molar-refractivity contribution in [2.45, 2.75) is 18.2 Å². The number of thiophene rings is 1. The smallest absolute Gasteiger partial charge is 0.0759 e. The van der Waals surface area contributed by atoms with Crippen molar-refractivity contribution in [2.75, 3.05) is 0 Å². The second kappa shape index (κ2) is 5.17. The maximum absolute atomic E-state index is 6.44. The third-order valence-corrected chi connectivity index (χ3v) is 4.73. The summed E-state index contributed by atoms with van der Waals surface area (Å²) in [6.45, 7) is 2.10. The maximum Gasteiger partial charge on any atom is 0.0759 e. The zero-order chi connectivity index (χ0) is 11.5. The van der Waals surface area contributed by atoms with Gasteiger partial charge >= 0.3 is 0 Å². The Morgan fingerprint density at radius 2 is 1.94 bits per heavy atom. The zero-order valence-corrected chi connectivity index (χ0v) is 11.1. The van der Waals surface area contributed by atoms with E-state index in [0.29, 0.717) is 0 Å². The third kappa shape index (κ3) is 2.40. The fraction of sp³-hybridized carbons (Fsp3) is 0.250. The number of halogens is 2.